The predicted molar refractivity (Wildman–Crippen MR) is 123 cm³/mol. The molecule has 2 aromatic heterocycles. The van der Waals surface area contributed by atoms with Gasteiger partial charge in [0.15, 0.2) is 11.5 Å². The lowest BCUT2D eigenvalue weighted by atomic mass is 10.1. The number of hydrogen-bond donors (Lipinski definition) is 1. The number of carbonyl (C=O) groups excluding carboxylic acids is 1. The van der Waals surface area contributed by atoms with Crippen molar-refractivity contribution >= 4 is 23.2 Å². The molecule has 0 atom stereocenters. The monoisotopic (exact) mass is 467 g/mol. The molecule has 0 aliphatic carbocycles. The zero-order valence-corrected chi connectivity index (χ0v) is 18.9. The molecule has 0 bridgehead atoms. The highest BCUT2D eigenvalue weighted by Gasteiger charge is 2.16. The SMILES string of the molecule is COc1ccc(OC)c(-c2nnc3ccc(OCCNC(=O)Cc4ccccc4Cl)nn23)c1. The van der Waals surface area contributed by atoms with Gasteiger partial charge in [-0.2, -0.15) is 4.52 Å². The number of halogens is 1. The molecular weight excluding hydrogens is 446 g/mol. The molecule has 10 heteroatoms. The van der Waals surface area contributed by atoms with E-state index in [9.17, 15) is 4.79 Å². The third-order valence-electron chi connectivity index (χ3n) is 4.87. The van der Waals surface area contributed by atoms with Crippen molar-refractivity contribution in [2.75, 3.05) is 27.4 Å². The molecule has 0 saturated heterocycles. The third kappa shape index (κ3) is 5.15. The van der Waals surface area contributed by atoms with Crippen LogP contribution in [0, 0.1) is 0 Å². The Morgan fingerprint density at radius 3 is 2.70 bits per heavy atom. The van der Waals surface area contributed by atoms with Crippen LogP contribution in [0.2, 0.25) is 5.02 Å². The highest BCUT2D eigenvalue weighted by molar-refractivity contribution is 6.31. The first-order valence-corrected chi connectivity index (χ1v) is 10.5. The van der Waals surface area contributed by atoms with Crippen LogP contribution in [0.25, 0.3) is 17.0 Å². The summed E-state index contributed by atoms with van der Waals surface area (Å²) in [5, 5.41) is 16.3. The highest BCUT2D eigenvalue weighted by atomic mass is 35.5. The van der Waals surface area contributed by atoms with Gasteiger partial charge in [-0.15, -0.1) is 15.3 Å². The second-order valence-corrected chi connectivity index (χ2v) is 7.41. The Bertz CT molecular complexity index is 1280. The zero-order chi connectivity index (χ0) is 23.2. The molecule has 2 aromatic carbocycles. The van der Waals surface area contributed by atoms with Gasteiger partial charge < -0.3 is 19.5 Å². The summed E-state index contributed by atoms with van der Waals surface area (Å²) >= 11 is 6.10. The molecule has 1 N–H and O–H groups in total. The van der Waals surface area contributed by atoms with Crippen molar-refractivity contribution in [2.24, 2.45) is 0 Å². The molecule has 0 aliphatic heterocycles. The normalized spacial score (nSPS) is 10.8. The minimum atomic E-state index is -0.138. The number of nitrogens with one attached hydrogen (secondary N) is 1. The Labute approximate surface area is 195 Å². The number of nitrogens with zero attached hydrogens (tertiary/aromatic N) is 4. The molecule has 2 heterocycles. The van der Waals surface area contributed by atoms with Gasteiger partial charge in [0.25, 0.3) is 0 Å². The van der Waals surface area contributed by atoms with Crippen molar-refractivity contribution in [3.8, 4) is 28.8 Å². The quantitative estimate of drug-likeness (QED) is 0.377. The highest BCUT2D eigenvalue weighted by Crippen LogP contribution is 2.32. The third-order valence-corrected chi connectivity index (χ3v) is 5.24. The van der Waals surface area contributed by atoms with E-state index in [1.807, 2.05) is 18.2 Å². The average molecular weight is 468 g/mol. The average Bonchev–Trinajstić information content (AvgIpc) is 3.26. The molecule has 4 aromatic rings. The second kappa shape index (κ2) is 10.2. The fourth-order valence-electron chi connectivity index (χ4n) is 3.23. The summed E-state index contributed by atoms with van der Waals surface area (Å²) in [5.74, 6) is 1.98. The van der Waals surface area contributed by atoms with Crippen LogP contribution in [-0.2, 0) is 11.2 Å². The second-order valence-electron chi connectivity index (χ2n) is 7.00. The summed E-state index contributed by atoms with van der Waals surface area (Å²) in [5.41, 5.74) is 2.01. The van der Waals surface area contributed by atoms with Gasteiger partial charge in [0.2, 0.25) is 11.8 Å². The van der Waals surface area contributed by atoms with Gasteiger partial charge in [-0.05, 0) is 35.9 Å². The van der Waals surface area contributed by atoms with E-state index in [2.05, 4.69) is 20.6 Å². The zero-order valence-electron chi connectivity index (χ0n) is 18.1. The van der Waals surface area contributed by atoms with Crippen molar-refractivity contribution in [3.63, 3.8) is 0 Å². The number of benzene rings is 2. The number of ether oxygens (including phenoxy) is 3. The summed E-state index contributed by atoms with van der Waals surface area (Å²) in [7, 11) is 3.17. The van der Waals surface area contributed by atoms with Crippen molar-refractivity contribution in [2.45, 2.75) is 6.42 Å². The summed E-state index contributed by atoms with van der Waals surface area (Å²) in [4.78, 5) is 12.1. The lowest BCUT2D eigenvalue weighted by Gasteiger charge is -2.10. The van der Waals surface area contributed by atoms with Gasteiger partial charge in [0, 0.05) is 11.1 Å². The molecule has 170 valence electrons. The molecule has 0 fully saturated rings. The minimum Gasteiger partial charge on any atom is -0.497 e. The number of rotatable bonds is 9. The van der Waals surface area contributed by atoms with E-state index in [-0.39, 0.29) is 18.9 Å². The van der Waals surface area contributed by atoms with Gasteiger partial charge in [-0.3, -0.25) is 4.79 Å². The first-order chi connectivity index (χ1) is 16.1. The number of fused-ring (bicyclic) bond motifs is 1. The molecule has 0 unspecified atom stereocenters. The van der Waals surface area contributed by atoms with Crippen LogP contribution in [0.5, 0.6) is 17.4 Å². The van der Waals surface area contributed by atoms with Crippen molar-refractivity contribution in [1.29, 1.82) is 0 Å². The number of hydrogen-bond acceptors (Lipinski definition) is 7. The topological polar surface area (TPSA) is 99.9 Å². The van der Waals surface area contributed by atoms with E-state index in [0.29, 0.717) is 46.0 Å². The molecule has 0 radical (unpaired) electrons. The first-order valence-electron chi connectivity index (χ1n) is 10.2. The fourth-order valence-corrected chi connectivity index (χ4v) is 3.43. The Balaban J connectivity index is 1.42. The van der Waals surface area contributed by atoms with Crippen LogP contribution in [0.1, 0.15) is 5.56 Å². The Hall–Kier alpha value is -3.85. The van der Waals surface area contributed by atoms with Gasteiger partial charge in [0.1, 0.15) is 18.1 Å². The maximum absolute atomic E-state index is 12.1. The van der Waals surface area contributed by atoms with Gasteiger partial charge >= 0.3 is 0 Å². The Morgan fingerprint density at radius 2 is 1.91 bits per heavy atom. The van der Waals surface area contributed by atoms with E-state index >= 15 is 0 Å². The van der Waals surface area contributed by atoms with E-state index in [0.717, 1.165) is 5.56 Å². The molecule has 0 aliphatic rings. The maximum atomic E-state index is 12.1. The minimum absolute atomic E-state index is 0.138. The van der Waals surface area contributed by atoms with Crippen LogP contribution < -0.4 is 19.5 Å². The summed E-state index contributed by atoms with van der Waals surface area (Å²) in [6.07, 6.45) is 0.205. The van der Waals surface area contributed by atoms with E-state index in [4.69, 9.17) is 25.8 Å². The number of methoxy groups -OCH3 is 2. The van der Waals surface area contributed by atoms with Crippen LogP contribution >= 0.6 is 11.6 Å². The lowest BCUT2D eigenvalue weighted by molar-refractivity contribution is -0.120. The largest absolute Gasteiger partial charge is 0.497 e. The van der Waals surface area contributed by atoms with Gasteiger partial charge in [-0.25, -0.2) is 0 Å². The van der Waals surface area contributed by atoms with Gasteiger partial charge in [0.05, 0.1) is 32.7 Å². The Morgan fingerprint density at radius 1 is 1.06 bits per heavy atom. The first kappa shape index (κ1) is 22.3. The number of aromatic nitrogens is 4. The van der Waals surface area contributed by atoms with Crippen molar-refractivity contribution in [3.05, 3.63) is 65.2 Å². The van der Waals surface area contributed by atoms with E-state index in [1.54, 1.807) is 55.1 Å². The lowest BCUT2D eigenvalue weighted by Crippen LogP contribution is -2.29. The van der Waals surface area contributed by atoms with E-state index < -0.39 is 0 Å². The van der Waals surface area contributed by atoms with Crippen molar-refractivity contribution < 1.29 is 19.0 Å². The Kier molecular flexibility index (Phi) is 6.89. The van der Waals surface area contributed by atoms with E-state index in [1.165, 1.54) is 0 Å². The standard InChI is InChI=1S/C23H22ClN5O4/c1-31-16-7-8-19(32-2)17(14-16)23-27-26-20-9-10-22(28-29(20)23)33-12-11-25-21(30)13-15-5-3-4-6-18(15)24/h3-10,14H,11-13H2,1-2H3,(H,25,30). The maximum Gasteiger partial charge on any atom is 0.231 e. The number of carbonyl (C=O) groups is 1. The summed E-state index contributed by atoms with van der Waals surface area (Å²) in [6.45, 7) is 0.564. The molecule has 4 rings (SSSR count). The molecule has 9 nitrogen and oxygen atoms in total. The summed E-state index contributed by atoms with van der Waals surface area (Å²) < 4.78 is 18.1. The summed E-state index contributed by atoms with van der Waals surface area (Å²) in [6, 6.07) is 16.1. The van der Waals surface area contributed by atoms with Gasteiger partial charge in [-0.1, -0.05) is 29.8 Å². The van der Waals surface area contributed by atoms with Crippen LogP contribution in [-0.4, -0.2) is 53.1 Å². The predicted octanol–water partition coefficient (Wildman–Crippen LogP) is 3.20. The number of amides is 1. The van der Waals surface area contributed by atoms with Crippen LogP contribution in [0.3, 0.4) is 0 Å². The van der Waals surface area contributed by atoms with Crippen molar-refractivity contribution in [1.82, 2.24) is 25.1 Å². The van der Waals surface area contributed by atoms with Crippen LogP contribution in [0.15, 0.2) is 54.6 Å². The smallest absolute Gasteiger partial charge is 0.231 e. The molecular formula is C23H22ClN5O4. The molecule has 1 amide bonds. The molecule has 0 spiro atoms. The van der Waals surface area contributed by atoms with Crippen LogP contribution in [0.4, 0.5) is 0 Å². The molecule has 33 heavy (non-hydrogen) atoms. The fraction of sp³-hybridized carbons (Fsp3) is 0.217. The molecule has 0 saturated carbocycles.